The van der Waals surface area contributed by atoms with Gasteiger partial charge in [0, 0.05) is 13.6 Å². The maximum atomic E-state index is 12.7. The summed E-state index contributed by atoms with van der Waals surface area (Å²) in [6.07, 6.45) is 4.05. The van der Waals surface area contributed by atoms with Gasteiger partial charge in [-0.05, 0) is 18.4 Å². The van der Waals surface area contributed by atoms with Crippen LogP contribution in [0.2, 0.25) is 0 Å². The molecular weight excluding hydrogens is 226 g/mol. The lowest BCUT2D eigenvalue weighted by Gasteiger charge is -2.32. The van der Waals surface area contributed by atoms with Gasteiger partial charge in [-0.3, -0.25) is 4.79 Å². The zero-order chi connectivity index (χ0) is 13.0. The lowest BCUT2D eigenvalue weighted by molar-refractivity contribution is -0.136. The second kappa shape index (κ2) is 5.53. The van der Waals surface area contributed by atoms with Crippen molar-refractivity contribution in [3.8, 4) is 0 Å². The van der Waals surface area contributed by atoms with Crippen LogP contribution in [0.4, 0.5) is 0 Å². The maximum Gasteiger partial charge on any atom is 0.233 e. The van der Waals surface area contributed by atoms with E-state index in [1.165, 1.54) is 0 Å². The first kappa shape index (κ1) is 13.1. The second-order valence-electron chi connectivity index (χ2n) is 5.11. The molecule has 1 aliphatic rings. The second-order valence-corrected chi connectivity index (χ2v) is 5.11. The number of rotatable bonds is 4. The van der Waals surface area contributed by atoms with Gasteiger partial charge in [0.25, 0.3) is 0 Å². The fraction of sp³-hybridized carbons (Fsp3) is 0.533. The molecule has 1 amide bonds. The first-order valence-electron chi connectivity index (χ1n) is 6.63. The van der Waals surface area contributed by atoms with Gasteiger partial charge in [0.05, 0.1) is 12.0 Å². The van der Waals surface area contributed by atoms with Crippen molar-refractivity contribution in [3.05, 3.63) is 35.9 Å². The molecule has 1 aromatic carbocycles. The fourth-order valence-corrected chi connectivity index (χ4v) is 2.98. The van der Waals surface area contributed by atoms with Gasteiger partial charge in [-0.15, -0.1) is 0 Å². The van der Waals surface area contributed by atoms with Gasteiger partial charge >= 0.3 is 0 Å². The van der Waals surface area contributed by atoms with E-state index in [0.717, 1.165) is 31.2 Å². The number of likely N-dealkylation sites (N-methyl/N-ethyl adjacent to an activating group) is 1. The predicted molar refractivity (Wildman–Crippen MR) is 71.3 cm³/mol. The molecule has 1 fully saturated rings. The van der Waals surface area contributed by atoms with Crippen molar-refractivity contribution >= 4 is 5.91 Å². The molecule has 1 saturated carbocycles. The topological polar surface area (TPSA) is 40.5 Å². The average molecular weight is 247 g/mol. The number of nitrogens with zero attached hydrogens (tertiary/aromatic N) is 1. The Balaban J connectivity index is 2.30. The number of hydrogen-bond donors (Lipinski definition) is 1. The number of amides is 1. The Labute approximate surface area is 108 Å². The molecule has 0 radical (unpaired) electrons. The van der Waals surface area contributed by atoms with Crippen LogP contribution in [0.1, 0.15) is 31.2 Å². The number of carbonyl (C=O) groups excluding carboxylic acids is 1. The largest absolute Gasteiger partial charge is 0.395 e. The fourth-order valence-electron chi connectivity index (χ4n) is 2.98. The van der Waals surface area contributed by atoms with Crippen molar-refractivity contribution in [3.63, 3.8) is 0 Å². The summed E-state index contributed by atoms with van der Waals surface area (Å²) >= 11 is 0. The highest BCUT2D eigenvalue weighted by atomic mass is 16.3. The Morgan fingerprint density at radius 3 is 2.44 bits per heavy atom. The normalized spacial score (nSPS) is 17.7. The first-order chi connectivity index (χ1) is 8.70. The van der Waals surface area contributed by atoms with E-state index >= 15 is 0 Å². The first-order valence-corrected chi connectivity index (χ1v) is 6.63. The standard InChI is InChI=1S/C15H21NO2/c1-16(11-12-17)14(18)15(9-5-6-10-15)13-7-3-2-4-8-13/h2-4,7-8,17H,5-6,9-12H2,1H3. The van der Waals surface area contributed by atoms with Gasteiger partial charge in [0.2, 0.25) is 5.91 Å². The van der Waals surface area contributed by atoms with Crippen molar-refractivity contribution in [2.45, 2.75) is 31.1 Å². The third kappa shape index (κ3) is 2.27. The highest BCUT2D eigenvalue weighted by Gasteiger charge is 2.43. The summed E-state index contributed by atoms with van der Waals surface area (Å²) in [4.78, 5) is 14.3. The minimum Gasteiger partial charge on any atom is -0.395 e. The quantitative estimate of drug-likeness (QED) is 0.883. The summed E-state index contributed by atoms with van der Waals surface area (Å²) in [6.45, 7) is 0.431. The summed E-state index contributed by atoms with van der Waals surface area (Å²) in [6, 6.07) is 10.1. The van der Waals surface area contributed by atoms with E-state index in [1.807, 2.05) is 18.2 Å². The summed E-state index contributed by atoms with van der Waals surface area (Å²) < 4.78 is 0. The Hall–Kier alpha value is -1.35. The lowest BCUT2D eigenvalue weighted by Crippen LogP contribution is -2.44. The Bertz CT molecular complexity index is 396. The monoisotopic (exact) mass is 247 g/mol. The van der Waals surface area contributed by atoms with Crippen LogP contribution in [0.3, 0.4) is 0 Å². The average Bonchev–Trinajstić information content (AvgIpc) is 2.90. The zero-order valence-corrected chi connectivity index (χ0v) is 10.9. The van der Waals surface area contributed by atoms with E-state index in [1.54, 1.807) is 11.9 Å². The van der Waals surface area contributed by atoms with Crippen LogP contribution in [-0.4, -0.2) is 36.1 Å². The van der Waals surface area contributed by atoms with Gasteiger partial charge in [-0.25, -0.2) is 0 Å². The molecular formula is C15H21NO2. The molecule has 3 nitrogen and oxygen atoms in total. The van der Waals surface area contributed by atoms with E-state index in [-0.39, 0.29) is 17.9 Å². The minimum absolute atomic E-state index is 0.0209. The van der Waals surface area contributed by atoms with E-state index in [0.29, 0.717) is 6.54 Å². The van der Waals surface area contributed by atoms with Crippen molar-refractivity contribution < 1.29 is 9.90 Å². The van der Waals surface area contributed by atoms with Gasteiger partial charge in [0.1, 0.15) is 0 Å². The molecule has 0 aromatic heterocycles. The predicted octanol–water partition coefficient (Wildman–Crippen LogP) is 1.95. The smallest absolute Gasteiger partial charge is 0.233 e. The molecule has 0 unspecified atom stereocenters. The van der Waals surface area contributed by atoms with Crippen LogP contribution >= 0.6 is 0 Å². The molecule has 3 heteroatoms. The highest BCUT2D eigenvalue weighted by molar-refractivity contribution is 5.88. The van der Waals surface area contributed by atoms with Crippen molar-refractivity contribution in [1.82, 2.24) is 4.90 Å². The Kier molecular flexibility index (Phi) is 4.02. The summed E-state index contributed by atoms with van der Waals surface area (Å²) in [5, 5.41) is 8.99. The van der Waals surface area contributed by atoms with Crippen LogP contribution in [0.5, 0.6) is 0 Å². The van der Waals surface area contributed by atoms with Crippen LogP contribution in [0.25, 0.3) is 0 Å². The molecule has 0 aliphatic heterocycles. The molecule has 0 atom stereocenters. The SMILES string of the molecule is CN(CCO)C(=O)C1(c2ccccc2)CCCC1. The van der Waals surface area contributed by atoms with E-state index in [2.05, 4.69) is 12.1 Å². The Morgan fingerprint density at radius 1 is 1.28 bits per heavy atom. The number of carbonyl (C=O) groups is 1. The number of benzene rings is 1. The van der Waals surface area contributed by atoms with Crippen LogP contribution in [0, 0.1) is 0 Å². The summed E-state index contributed by atoms with van der Waals surface area (Å²) in [7, 11) is 1.78. The molecule has 1 aliphatic carbocycles. The molecule has 1 aromatic rings. The molecule has 0 spiro atoms. The molecule has 0 saturated heterocycles. The summed E-state index contributed by atoms with van der Waals surface area (Å²) in [5.74, 6) is 0.153. The zero-order valence-electron chi connectivity index (χ0n) is 10.9. The van der Waals surface area contributed by atoms with E-state index in [4.69, 9.17) is 5.11 Å². The van der Waals surface area contributed by atoms with Crippen LogP contribution in [0.15, 0.2) is 30.3 Å². The lowest BCUT2D eigenvalue weighted by atomic mass is 9.77. The highest BCUT2D eigenvalue weighted by Crippen LogP contribution is 2.42. The van der Waals surface area contributed by atoms with Crippen molar-refractivity contribution in [2.24, 2.45) is 0 Å². The van der Waals surface area contributed by atoms with E-state index < -0.39 is 0 Å². The summed E-state index contributed by atoms with van der Waals surface area (Å²) in [5.41, 5.74) is 0.767. The van der Waals surface area contributed by atoms with Crippen LogP contribution in [-0.2, 0) is 10.2 Å². The molecule has 0 bridgehead atoms. The number of aliphatic hydroxyl groups is 1. The Morgan fingerprint density at radius 2 is 1.89 bits per heavy atom. The third-order valence-electron chi connectivity index (χ3n) is 3.97. The van der Waals surface area contributed by atoms with E-state index in [9.17, 15) is 4.79 Å². The molecule has 2 rings (SSSR count). The molecule has 18 heavy (non-hydrogen) atoms. The maximum absolute atomic E-state index is 12.7. The molecule has 0 heterocycles. The van der Waals surface area contributed by atoms with Crippen molar-refractivity contribution in [1.29, 1.82) is 0 Å². The minimum atomic E-state index is -0.356. The number of aliphatic hydroxyl groups excluding tert-OH is 1. The van der Waals surface area contributed by atoms with Gasteiger partial charge in [-0.2, -0.15) is 0 Å². The third-order valence-corrected chi connectivity index (χ3v) is 3.97. The number of hydrogen-bond acceptors (Lipinski definition) is 2. The molecule has 98 valence electrons. The van der Waals surface area contributed by atoms with Gasteiger partial charge in [-0.1, -0.05) is 43.2 Å². The van der Waals surface area contributed by atoms with Crippen LogP contribution < -0.4 is 0 Å². The van der Waals surface area contributed by atoms with Gasteiger partial charge < -0.3 is 10.0 Å². The van der Waals surface area contributed by atoms with Crippen molar-refractivity contribution in [2.75, 3.05) is 20.2 Å². The van der Waals surface area contributed by atoms with Gasteiger partial charge in [0.15, 0.2) is 0 Å². The molecule has 1 N–H and O–H groups in total.